The standard InChI is InChI=1S/C27H33N7O2/c1-18-23-25(32-27(18)35)29-17-30-26(23)34-12-6-19(7-13-34)24-22(28-9-14-33-10-2-3-11-33)5-4-21(31-24)20-8-15-36-16-20/h4-5,8,15-19,28H,2-3,6-7,9-14H2,1H3,(H,29,30,32,35). The van der Waals surface area contributed by atoms with Crippen molar-refractivity contribution in [1.82, 2.24) is 19.9 Å². The number of likely N-dealkylation sites (tertiary alicyclic amines) is 1. The molecule has 3 aliphatic rings. The summed E-state index contributed by atoms with van der Waals surface area (Å²) in [6.45, 7) is 8.04. The van der Waals surface area contributed by atoms with Crippen LogP contribution in [-0.2, 0) is 4.79 Å². The number of carbonyl (C=O) groups excluding carboxylic acids is 1. The van der Waals surface area contributed by atoms with Crippen LogP contribution < -0.4 is 15.5 Å². The zero-order valence-electron chi connectivity index (χ0n) is 20.7. The maximum absolute atomic E-state index is 12.2. The van der Waals surface area contributed by atoms with Crippen molar-refractivity contribution in [2.45, 2.75) is 44.4 Å². The Morgan fingerprint density at radius 1 is 1.11 bits per heavy atom. The predicted molar refractivity (Wildman–Crippen MR) is 139 cm³/mol. The van der Waals surface area contributed by atoms with E-state index in [0.717, 1.165) is 73.0 Å². The zero-order chi connectivity index (χ0) is 24.5. The highest BCUT2D eigenvalue weighted by Crippen LogP contribution is 2.40. The third-order valence-corrected chi connectivity index (χ3v) is 7.80. The largest absolute Gasteiger partial charge is 0.472 e. The Hall–Kier alpha value is -3.46. The number of rotatable bonds is 7. The van der Waals surface area contributed by atoms with E-state index in [1.54, 1.807) is 18.9 Å². The first-order valence-electron chi connectivity index (χ1n) is 13.1. The molecule has 1 atom stereocenters. The second-order valence-corrected chi connectivity index (χ2v) is 10.0. The number of carbonyl (C=O) groups is 1. The number of nitrogens with zero attached hydrogens (tertiary/aromatic N) is 5. The Kier molecular flexibility index (Phi) is 6.31. The maximum atomic E-state index is 12.2. The molecule has 6 rings (SSSR count). The molecule has 0 spiro atoms. The first kappa shape index (κ1) is 23.0. The number of fused-ring (bicyclic) bond motifs is 1. The predicted octanol–water partition coefficient (Wildman–Crippen LogP) is 4.08. The van der Waals surface area contributed by atoms with Crippen molar-refractivity contribution in [3.05, 3.63) is 48.3 Å². The van der Waals surface area contributed by atoms with Gasteiger partial charge in [-0.15, -0.1) is 0 Å². The van der Waals surface area contributed by atoms with Gasteiger partial charge < -0.3 is 24.9 Å². The van der Waals surface area contributed by atoms with Crippen molar-refractivity contribution in [3.63, 3.8) is 0 Å². The Balaban J connectivity index is 1.20. The fourth-order valence-electron chi connectivity index (χ4n) is 5.72. The summed E-state index contributed by atoms with van der Waals surface area (Å²) in [7, 11) is 0. The summed E-state index contributed by atoms with van der Waals surface area (Å²) in [6, 6.07) is 6.22. The smallest absolute Gasteiger partial charge is 0.233 e. The van der Waals surface area contributed by atoms with Crippen molar-refractivity contribution in [2.75, 3.05) is 54.8 Å². The van der Waals surface area contributed by atoms with E-state index in [0.29, 0.717) is 11.7 Å². The fourth-order valence-corrected chi connectivity index (χ4v) is 5.72. The van der Waals surface area contributed by atoms with Crippen LogP contribution in [-0.4, -0.2) is 65.0 Å². The molecular weight excluding hydrogens is 454 g/mol. The highest BCUT2D eigenvalue weighted by molar-refractivity contribution is 6.03. The van der Waals surface area contributed by atoms with Crippen LogP contribution in [0.3, 0.4) is 0 Å². The molecule has 0 saturated carbocycles. The Morgan fingerprint density at radius 2 is 1.94 bits per heavy atom. The summed E-state index contributed by atoms with van der Waals surface area (Å²) in [4.78, 5) is 31.0. The Morgan fingerprint density at radius 3 is 2.72 bits per heavy atom. The molecule has 0 aliphatic carbocycles. The molecule has 1 amide bonds. The molecule has 0 bridgehead atoms. The first-order valence-corrected chi connectivity index (χ1v) is 13.1. The van der Waals surface area contributed by atoms with E-state index >= 15 is 0 Å². The number of anilines is 3. The lowest BCUT2D eigenvalue weighted by atomic mass is 9.91. The maximum Gasteiger partial charge on any atom is 0.233 e. The molecule has 36 heavy (non-hydrogen) atoms. The minimum absolute atomic E-state index is 0.00783. The van der Waals surface area contributed by atoms with E-state index in [1.165, 1.54) is 25.9 Å². The first-order chi connectivity index (χ1) is 17.7. The number of hydrogen-bond donors (Lipinski definition) is 2. The molecule has 3 aliphatic heterocycles. The van der Waals surface area contributed by atoms with Crippen LogP contribution in [0, 0.1) is 0 Å². The van der Waals surface area contributed by atoms with Gasteiger partial charge in [-0.25, -0.2) is 9.97 Å². The van der Waals surface area contributed by atoms with E-state index in [2.05, 4.69) is 42.5 Å². The van der Waals surface area contributed by atoms with Crippen molar-refractivity contribution in [3.8, 4) is 11.3 Å². The van der Waals surface area contributed by atoms with Crippen LogP contribution in [0.4, 0.5) is 17.3 Å². The number of nitrogens with one attached hydrogen (secondary N) is 2. The number of piperidine rings is 1. The number of hydrogen-bond acceptors (Lipinski definition) is 8. The van der Waals surface area contributed by atoms with E-state index in [9.17, 15) is 4.79 Å². The molecule has 9 nitrogen and oxygen atoms in total. The minimum atomic E-state index is -0.228. The normalized spacial score (nSPS) is 20.5. The third kappa shape index (κ3) is 4.43. The monoisotopic (exact) mass is 487 g/mol. The summed E-state index contributed by atoms with van der Waals surface area (Å²) in [6.07, 6.45) is 9.55. The number of pyridine rings is 1. The molecule has 1 unspecified atom stereocenters. The van der Waals surface area contributed by atoms with Gasteiger partial charge in [0.05, 0.1) is 35.5 Å². The fraction of sp³-hybridized carbons (Fsp3) is 0.481. The van der Waals surface area contributed by atoms with Crippen LogP contribution in [0.1, 0.15) is 55.7 Å². The lowest BCUT2D eigenvalue weighted by Crippen LogP contribution is -2.35. The van der Waals surface area contributed by atoms with Crippen LogP contribution in [0.2, 0.25) is 0 Å². The minimum Gasteiger partial charge on any atom is -0.472 e. The zero-order valence-corrected chi connectivity index (χ0v) is 20.7. The van der Waals surface area contributed by atoms with Crippen LogP contribution in [0.15, 0.2) is 41.5 Å². The van der Waals surface area contributed by atoms with Gasteiger partial charge in [0.25, 0.3) is 0 Å². The lowest BCUT2D eigenvalue weighted by molar-refractivity contribution is -0.116. The van der Waals surface area contributed by atoms with E-state index < -0.39 is 0 Å². The summed E-state index contributed by atoms with van der Waals surface area (Å²) in [5.41, 5.74) is 5.13. The SMILES string of the molecule is CC1C(=O)Nc2ncnc(N3CCC(c4nc(-c5ccoc5)ccc4NCCN4CCCC4)CC3)c21. The van der Waals surface area contributed by atoms with Gasteiger partial charge in [-0.2, -0.15) is 0 Å². The summed E-state index contributed by atoms with van der Waals surface area (Å²) in [5.74, 6) is 1.64. The van der Waals surface area contributed by atoms with Gasteiger partial charge in [-0.3, -0.25) is 9.78 Å². The molecule has 0 radical (unpaired) electrons. The van der Waals surface area contributed by atoms with Gasteiger partial charge in [0.2, 0.25) is 5.91 Å². The molecule has 6 heterocycles. The van der Waals surface area contributed by atoms with Gasteiger partial charge in [0, 0.05) is 43.2 Å². The number of amides is 1. The van der Waals surface area contributed by atoms with E-state index in [-0.39, 0.29) is 11.8 Å². The summed E-state index contributed by atoms with van der Waals surface area (Å²) in [5, 5.41) is 6.57. The number of aromatic nitrogens is 3. The molecule has 3 aromatic rings. The van der Waals surface area contributed by atoms with Crippen LogP contribution >= 0.6 is 0 Å². The van der Waals surface area contributed by atoms with Gasteiger partial charge in [-0.05, 0) is 63.9 Å². The molecular formula is C27H33N7O2. The number of furan rings is 1. The molecule has 188 valence electrons. The molecule has 2 saturated heterocycles. The van der Waals surface area contributed by atoms with Crippen LogP contribution in [0.25, 0.3) is 11.3 Å². The van der Waals surface area contributed by atoms with E-state index in [1.807, 2.05) is 13.0 Å². The second-order valence-electron chi connectivity index (χ2n) is 10.0. The van der Waals surface area contributed by atoms with Gasteiger partial charge in [0.1, 0.15) is 18.0 Å². The van der Waals surface area contributed by atoms with E-state index in [4.69, 9.17) is 9.40 Å². The van der Waals surface area contributed by atoms with Crippen LogP contribution in [0.5, 0.6) is 0 Å². The van der Waals surface area contributed by atoms with Crippen molar-refractivity contribution < 1.29 is 9.21 Å². The Bertz CT molecular complexity index is 1210. The highest BCUT2D eigenvalue weighted by atomic mass is 16.3. The van der Waals surface area contributed by atoms with Crippen molar-refractivity contribution in [2.24, 2.45) is 0 Å². The molecule has 2 fully saturated rings. The average Bonchev–Trinajstić information content (AvgIpc) is 3.68. The molecule has 0 aromatic carbocycles. The van der Waals surface area contributed by atoms with Gasteiger partial charge >= 0.3 is 0 Å². The van der Waals surface area contributed by atoms with Crippen molar-refractivity contribution in [1.29, 1.82) is 0 Å². The second kappa shape index (κ2) is 9.89. The molecule has 2 N–H and O–H groups in total. The highest BCUT2D eigenvalue weighted by Gasteiger charge is 2.34. The molecule has 9 heteroatoms. The summed E-state index contributed by atoms with van der Waals surface area (Å²) < 4.78 is 5.31. The topological polar surface area (TPSA) is 99.4 Å². The Labute approximate surface area is 211 Å². The van der Waals surface area contributed by atoms with Gasteiger partial charge in [-0.1, -0.05) is 0 Å². The third-order valence-electron chi connectivity index (χ3n) is 7.80. The van der Waals surface area contributed by atoms with Crippen molar-refractivity contribution >= 4 is 23.2 Å². The average molecular weight is 488 g/mol. The molecule has 3 aromatic heterocycles. The van der Waals surface area contributed by atoms with Gasteiger partial charge in [0.15, 0.2) is 0 Å². The lowest BCUT2D eigenvalue weighted by Gasteiger charge is -2.34. The quantitative estimate of drug-likeness (QED) is 0.514. The summed E-state index contributed by atoms with van der Waals surface area (Å²) >= 11 is 0.